The summed E-state index contributed by atoms with van der Waals surface area (Å²) in [6.45, 7) is 3.35. The highest BCUT2D eigenvalue weighted by Crippen LogP contribution is 2.01. The summed E-state index contributed by atoms with van der Waals surface area (Å²) >= 11 is 0. The number of rotatable bonds is 4. The van der Waals surface area contributed by atoms with Crippen molar-refractivity contribution in [1.82, 2.24) is 9.88 Å². The van der Waals surface area contributed by atoms with Crippen molar-refractivity contribution in [2.75, 3.05) is 13.6 Å². The molecule has 0 radical (unpaired) electrons. The quantitative estimate of drug-likeness (QED) is 0.747. The average molecular weight is 180 g/mol. The van der Waals surface area contributed by atoms with Crippen LogP contribution in [-0.2, 0) is 6.54 Å². The fourth-order valence-electron chi connectivity index (χ4n) is 1.32. The molecule has 3 nitrogen and oxygen atoms in total. The normalized spacial score (nSPS) is 13.2. The highest BCUT2D eigenvalue weighted by atomic mass is 16.3. The molecule has 0 aliphatic rings. The van der Waals surface area contributed by atoms with E-state index in [1.165, 1.54) is 5.56 Å². The van der Waals surface area contributed by atoms with Crippen molar-refractivity contribution < 1.29 is 5.11 Å². The molecule has 1 aromatic rings. The second-order valence-corrected chi connectivity index (χ2v) is 3.40. The van der Waals surface area contributed by atoms with E-state index in [2.05, 4.69) is 9.88 Å². The maximum Gasteiger partial charge on any atom is 0.0639 e. The predicted octanol–water partition coefficient (Wildman–Crippen LogP) is 0.894. The van der Waals surface area contributed by atoms with Crippen LogP contribution < -0.4 is 0 Å². The monoisotopic (exact) mass is 180 g/mol. The third kappa shape index (κ3) is 4.01. The van der Waals surface area contributed by atoms with Crippen molar-refractivity contribution in [2.45, 2.75) is 19.6 Å². The van der Waals surface area contributed by atoms with Gasteiger partial charge in [-0.15, -0.1) is 0 Å². The van der Waals surface area contributed by atoms with E-state index in [1.54, 1.807) is 19.3 Å². The van der Waals surface area contributed by atoms with Crippen LogP contribution in [0.3, 0.4) is 0 Å². The molecule has 3 heteroatoms. The highest BCUT2D eigenvalue weighted by Gasteiger charge is 2.02. The van der Waals surface area contributed by atoms with Gasteiger partial charge in [0.25, 0.3) is 0 Å². The smallest absolute Gasteiger partial charge is 0.0639 e. The van der Waals surface area contributed by atoms with Crippen LogP contribution in [0.1, 0.15) is 12.5 Å². The number of hydrogen-bond donors (Lipinski definition) is 1. The van der Waals surface area contributed by atoms with Crippen LogP contribution in [0, 0.1) is 0 Å². The third-order valence-corrected chi connectivity index (χ3v) is 1.78. The second kappa shape index (κ2) is 4.94. The lowest BCUT2D eigenvalue weighted by molar-refractivity contribution is 0.138. The van der Waals surface area contributed by atoms with Gasteiger partial charge in [-0.2, -0.15) is 0 Å². The Labute approximate surface area is 79.0 Å². The second-order valence-electron chi connectivity index (χ2n) is 3.40. The van der Waals surface area contributed by atoms with Gasteiger partial charge in [-0.25, -0.2) is 0 Å². The average Bonchev–Trinajstić information content (AvgIpc) is 2.04. The standard InChI is InChI=1S/C10H16N2O/c1-9(13)7-12(2)8-10-3-5-11-6-4-10/h3-6,9,13H,7-8H2,1-2H3/t9-/m0/s1. The molecule has 1 heterocycles. The minimum Gasteiger partial charge on any atom is -0.392 e. The van der Waals surface area contributed by atoms with Crippen molar-refractivity contribution in [3.8, 4) is 0 Å². The first kappa shape index (κ1) is 10.2. The fraction of sp³-hybridized carbons (Fsp3) is 0.500. The minimum atomic E-state index is -0.271. The number of aromatic nitrogens is 1. The highest BCUT2D eigenvalue weighted by molar-refractivity contribution is 5.09. The van der Waals surface area contributed by atoms with Crippen LogP contribution in [-0.4, -0.2) is 34.7 Å². The van der Waals surface area contributed by atoms with Crippen LogP contribution in [0.5, 0.6) is 0 Å². The molecule has 0 bridgehead atoms. The topological polar surface area (TPSA) is 36.4 Å². The van der Waals surface area contributed by atoms with Crippen LogP contribution in [0.4, 0.5) is 0 Å². The lowest BCUT2D eigenvalue weighted by atomic mass is 10.2. The summed E-state index contributed by atoms with van der Waals surface area (Å²) in [4.78, 5) is 6.03. The van der Waals surface area contributed by atoms with Gasteiger partial charge in [0, 0.05) is 25.5 Å². The van der Waals surface area contributed by atoms with Crippen molar-refractivity contribution in [2.24, 2.45) is 0 Å². The summed E-state index contributed by atoms with van der Waals surface area (Å²) < 4.78 is 0. The molecule has 0 saturated heterocycles. The van der Waals surface area contributed by atoms with Gasteiger partial charge >= 0.3 is 0 Å². The van der Waals surface area contributed by atoms with Gasteiger partial charge in [0.2, 0.25) is 0 Å². The van der Waals surface area contributed by atoms with Crippen LogP contribution >= 0.6 is 0 Å². The molecule has 0 spiro atoms. The molecule has 72 valence electrons. The first-order chi connectivity index (χ1) is 6.18. The van der Waals surface area contributed by atoms with Crippen molar-refractivity contribution in [3.63, 3.8) is 0 Å². The number of pyridine rings is 1. The summed E-state index contributed by atoms with van der Waals surface area (Å²) in [6, 6.07) is 3.97. The zero-order chi connectivity index (χ0) is 9.68. The summed E-state index contributed by atoms with van der Waals surface area (Å²) in [7, 11) is 1.99. The van der Waals surface area contributed by atoms with Crippen molar-refractivity contribution in [3.05, 3.63) is 30.1 Å². The zero-order valence-electron chi connectivity index (χ0n) is 8.14. The summed E-state index contributed by atoms with van der Waals surface area (Å²) in [6.07, 6.45) is 3.30. The Bertz CT molecular complexity index is 236. The first-order valence-corrected chi connectivity index (χ1v) is 4.44. The fourth-order valence-corrected chi connectivity index (χ4v) is 1.32. The van der Waals surface area contributed by atoms with E-state index in [4.69, 9.17) is 5.11 Å². The van der Waals surface area contributed by atoms with Crippen molar-refractivity contribution in [1.29, 1.82) is 0 Å². The molecule has 0 fully saturated rings. The molecule has 0 aromatic carbocycles. The molecule has 0 aliphatic carbocycles. The molecule has 0 unspecified atom stereocenters. The van der Waals surface area contributed by atoms with E-state index >= 15 is 0 Å². The molecule has 0 saturated carbocycles. The number of aliphatic hydroxyl groups excluding tert-OH is 1. The Hall–Kier alpha value is -0.930. The Kier molecular flexibility index (Phi) is 3.86. The Balaban J connectivity index is 2.41. The number of nitrogens with zero attached hydrogens (tertiary/aromatic N) is 2. The third-order valence-electron chi connectivity index (χ3n) is 1.78. The van der Waals surface area contributed by atoms with Crippen LogP contribution in [0.15, 0.2) is 24.5 Å². The SMILES string of the molecule is C[C@H](O)CN(C)Cc1ccncc1. The van der Waals surface area contributed by atoms with Gasteiger partial charge in [-0.1, -0.05) is 0 Å². The van der Waals surface area contributed by atoms with E-state index in [1.807, 2.05) is 19.2 Å². The van der Waals surface area contributed by atoms with E-state index in [0.29, 0.717) is 6.54 Å². The number of hydrogen-bond acceptors (Lipinski definition) is 3. The summed E-state index contributed by atoms with van der Waals surface area (Å²) in [5.41, 5.74) is 1.22. The number of aliphatic hydroxyl groups is 1. The van der Waals surface area contributed by atoms with E-state index in [9.17, 15) is 0 Å². The van der Waals surface area contributed by atoms with Gasteiger partial charge in [0.15, 0.2) is 0 Å². The van der Waals surface area contributed by atoms with E-state index < -0.39 is 0 Å². The van der Waals surface area contributed by atoms with Gasteiger partial charge in [-0.3, -0.25) is 9.88 Å². The van der Waals surface area contributed by atoms with E-state index in [-0.39, 0.29) is 6.10 Å². The van der Waals surface area contributed by atoms with Crippen LogP contribution in [0.25, 0.3) is 0 Å². The first-order valence-electron chi connectivity index (χ1n) is 4.44. The molecule has 0 aliphatic heterocycles. The van der Waals surface area contributed by atoms with Gasteiger partial charge < -0.3 is 5.11 Å². The van der Waals surface area contributed by atoms with Gasteiger partial charge in [0.1, 0.15) is 0 Å². The Morgan fingerprint density at radius 1 is 1.46 bits per heavy atom. The van der Waals surface area contributed by atoms with Gasteiger partial charge in [-0.05, 0) is 31.7 Å². The maximum atomic E-state index is 9.15. The van der Waals surface area contributed by atoms with E-state index in [0.717, 1.165) is 6.54 Å². The molecule has 1 aromatic heterocycles. The maximum absolute atomic E-state index is 9.15. The Morgan fingerprint density at radius 2 is 2.08 bits per heavy atom. The van der Waals surface area contributed by atoms with Crippen molar-refractivity contribution >= 4 is 0 Å². The number of likely N-dealkylation sites (N-methyl/N-ethyl adjacent to an activating group) is 1. The molecule has 13 heavy (non-hydrogen) atoms. The Morgan fingerprint density at radius 3 is 2.62 bits per heavy atom. The molecular weight excluding hydrogens is 164 g/mol. The molecule has 1 atom stereocenters. The summed E-state index contributed by atoms with van der Waals surface area (Å²) in [5, 5.41) is 9.15. The lowest BCUT2D eigenvalue weighted by Gasteiger charge is -2.17. The molecular formula is C10H16N2O. The zero-order valence-corrected chi connectivity index (χ0v) is 8.14. The molecule has 0 amide bonds. The summed E-state index contributed by atoms with van der Waals surface area (Å²) in [5.74, 6) is 0. The lowest BCUT2D eigenvalue weighted by Crippen LogP contribution is -2.26. The minimum absolute atomic E-state index is 0.271. The molecule has 1 rings (SSSR count). The molecule has 1 N–H and O–H groups in total. The predicted molar refractivity (Wildman–Crippen MR) is 52.3 cm³/mol. The van der Waals surface area contributed by atoms with Crippen LogP contribution in [0.2, 0.25) is 0 Å². The van der Waals surface area contributed by atoms with Gasteiger partial charge in [0.05, 0.1) is 6.10 Å². The largest absolute Gasteiger partial charge is 0.392 e.